The molecule has 1 fully saturated rings. The van der Waals surface area contributed by atoms with E-state index in [0.717, 1.165) is 0 Å². The van der Waals surface area contributed by atoms with Crippen LogP contribution in [0, 0.1) is 11.8 Å². The predicted octanol–water partition coefficient (Wildman–Crippen LogP) is -0.591. The molecule has 0 radical (unpaired) electrons. The average Bonchev–Trinajstić information content (AvgIpc) is 2.43. The van der Waals surface area contributed by atoms with E-state index in [2.05, 4.69) is 5.32 Å². The molecule has 0 saturated carbocycles. The fraction of sp³-hybridized carbons (Fsp3) is 0.769. The van der Waals surface area contributed by atoms with Crippen LogP contribution in [0.1, 0.15) is 26.7 Å². The van der Waals surface area contributed by atoms with Gasteiger partial charge >= 0.3 is 5.97 Å². The van der Waals surface area contributed by atoms with E-state index < -0.39 is 17.9 Å². The standard InChI is InChI=1S/C13H23N3O4/c1-8(2)11(14)12(18)15-6-10(17)16-5-3-4-9(7-16)13(19)20/h8-9,11H,3-7,14H2,1-2H3,(H,15,18)(H,19,20)/t9?,11-/m0/s1. The van der Waals surface area contributed by atoms with Crippen LogP contribution in [0.3, 0.4) is 0 Å². The number of hydrogen-bond acceptors (Lipinski definition) is 4. The lowest BCUT2D eigenvalue weighted by Crippen LogP contribution is -2.50. The highest BCUT2D eigenvalue weighted by atomic mass is 16.4. The van der Waals surface area contributed by atoms with Gasteiger partial charge in [-0.15, -0.1) is 0 Å². The second-order valence-electron chi connectivity index (χ2n) is 5.50. The summed E-state index contributed by atoms with van der Waals surface area (Å²) >= 11 is 0. The lowest BCUT2D eigenvalue weighted by molar-refractivity contribution is -0.146. The average molecular weight is 285 g/mol. The maximum absolute atomic E-state index is 11.9. The summed E-state index contributed by atoms with van der Waals surface area (Å²) in [4.78, 5) is 36.0. The van der Waals surface area contributed by atoms with Gasteiger partial charge in [0.2, 0.25) is 11.8 Å². The van der Waals surface area contributed by atoms with Crippen molar-refractivity contribution in [1.29, 1.82) is 0 Å². The zero-order valence-electron chi connectivity index (χ0n) is 12.0. The molecule has 0 aromatic carbocycles. The summed E-state index contributed by atoms with van der Waals surface area (Å²) in [5.41, 5.74) is 5.67. The Labute approximate surface area is 118 Å². The molecule has 1 rings (SSSR count). The van der Waals surface area contributed by atoms with Crippen LogP contribution in [0.2, 0.25) is 0 Å². The molecule has 1 heterocycles. The SMILES string of the molecule is CC(C)[C@H](N)C(=O)NCC(=O)N1CCCC(C(=O)O)C1. The van der Waals surface area contributed by atoms with Crippen LogP contribution in [0.25, 0.3) is 0 Å². The van der Waals surface area contributed by atoms with Crippen LogP contribution in [-0.2, 0) is 14.4 Å². The highest BCUT2D eigenvalue weighted by molar-refractivity contribution is 5.87. The number of nitrogens with zero attached hydrogens (tertiary/aromatic N) is 1. The van der Waals surface area contributed by atoms with Crippen LogP contribution in [0.5, 0.6) is 0 Å². The second kappa shape index (κ2) is 7.23. The van der Waals surface area contributed by atoms with Crippen molar-refractivity contribution < 1.29 is 19.5 Å². The van der Waals surface area contributed by atoms with Crippen molar-refractivity contribution in [3.63, 3.8) is 0 Å². The third-order valence-corrected chi connectivity index (χ3v) is 3.56. The Morgan fingerprint density at radius 2 is 2.05 bits per heavy atom. The molecule has 4 N–H and O–H groups in total. The van der Waals surface area contributed by atoms with E-state index in [1.807, 2.05) is 13.8 Å². The topological polar surface area (TPSA) is 113 Å². The van der Waals surface area contributed by atoms with Crippen molar-refractivity contribution in [2.75, 3.05) is 19.6 Å². The largest absolute Gasteiger partial charge is 0.481 e. The van der Waals surface area contributed by atoms with Gasteiger partial charge in [0.15, 0.2) is 0 Å². The van der Waals surface area contributed by atoms with E-state index in [4.69, 9.17) is 10.8 Å². The third-order valence-electron chi connectivity index (χ3n) is 3.56. The zero-order chi connectivity index (χ0) is 15.3. The quantitative estimate of drug-likeness (QED) is 0.625. The maximum Gasteiger partial charge on any atom is 0.308 e. The summed E-state index contributed by atoms with van der Waals surface area (Å²) in [6.07, 6.45) is 1.26. The Kier molecular flexibility index (Phi) is 5.94. The molecule has 7 heteroatoms. The fourth-order valence-corrected chi connectivity index (χ4v) is 2.10. The molecule has 0 aliphatic carbocycles. The molecule has 0 aromatic heterocycles. The van der Waals surface area contributed by atoms with Gasteiger partial charge in [-0.05, 0) is 18.8 Å². The van der Waals surface area contributed by atoms with Gasteiger partial charge in [0.05, 0.1) is 18.5 Å². The number of aliphatic carboxylic acids is 1. The molecular formula is C13H23N3O4. The number of carboxylic acid groups (broad SMARTS) is 1. The number of amides is 2. The highest BCUT2D eigenvalue weighted by Crippen LogP contribution is 2.16. The Bertz CT molecular complexity index is 384. The maximum atomic E-state index is 11.9. The number of likely N-dealkylation sites (tertiary alicyclic amines) is 1. The molecule has 2 atom stereocenters. The Balaban J connectivity index is 2.43. The first kappa shape index (κ1) is 16.4. The van der Waals surface area contributed by atoms with Crippen molar-refractivity contribution in [1.82, 2.24) is 10.2 Å². The van der Waals surface area contributed by atoms with Crippen LogP contribution in [0.15, 0.2) is 0 Å². The lowest BCUT2D eigenvalue weighted by atomic mass is 9.98. The molecule has 1 saturated heterocycles. The smallest absolute Gasteiger partial charge is 0.308 e. The van der Waals surface area contributed by atoms with Gasteiger partial charge in [0, 0.05) is 13.1 Å². The molecule has 0 bridgehead atoms. The molecule has 2 amide bonds. The number of carbonyl (C=O) groups excluding carboxylic acids is 2. The molecule has 114 valence electrons. The number of nitrogens with two attached hydrogens (primary N) is 1. The van der Waals surface area contributed by atoms with Gasteiger partial charge in [-0.3, -0.25) is 14.4 Å². The van der Waals surface area contributed by atoms with E-state index >= 15 is 0 Å². The first-order chi connectivity index (χ1) is 9.32. The van der Waals surface area contributed by atoms with Crippen molar-refractivity contribution in [2.24, 2.45) is 17.6 Å². The zero-order valence-corrected chi connectivity index (χ0v) is 12.0. The normalized spacial score (nSPS) is 20.6. The summed E-state index contributed by atoms with van der Waals surface area (Å²) in [5.74, 6) is -2.02. The molecule has 0 aromatic rings. The van der Waals surface area contributed by atoms with Crippen molar-refractivity contribution >= 4 is 17.8 Å². The number of carboxylic acids is 1. The van der Waals surface area contributed by atoms with Crippen molar-refractivity contribution in [3.05, 3.63) is 0 Å². The second-order valence-corrected chi connectivity index (χ2v) is 5.50. The number of rotatable bonds is 5. The first-order valence-electron chi connectivity index (χ1n) is 6.86. The minimum atomic E-state index is -0.881. The minimum absolute atomic E-state index is 0.00326. The van der Waals surface area contributed by atoms with E-state index in [0.29, 0.717) is 19.4 Å². The van der Waals surface area contributed by atoms with Gasteiger partial charge in [0.1, 0.15) is 0 Å². The van der Waals surface area contributed by atoms with Gasteiger partial charge in [-0.25, -0.2) is 0 Å². The number of carbonyl (C=O) groups is 3. The van der Waals surface area contributed by atoms with E-state index in [9.17, 15) is 14.4 Å². The first-order valence-corrected chi connectivity index (χ1v) is 6.86. The monoisotopic (exact) mass is 285 g/mol. The van der Waals surface area contributed by atoms with Gasteiger partial charge in [0.25, 0.3) is 0 Å². The molecule has 1 unspecified atom stereocenters. The Morgan fingerprint density at radius 3 is 2.60 bits per heavy atom. The van der Waals surface area contributed by atoms with Gasteiger partial charge in [-0.2, -0.15) is 0 Å². The number of piperidine rings is 1. The summed E-state index contributed by atoms with van der Waals surface area (Å²) in [6, 6.07) is -0.643. The van der Waals surface area contributed by atoms with Gasteiger partial charge in [-0.1, -0.05) is 13.8 Å². The fourth-order valence-electron chi connectivity index (χ4n) is 2.10. The summed E-state index contributed by atoms with van der Waals surface area (Å²) in [5, 5.41) is 11.5. The molecule has 7 nitrogen and oxygen atoms in total. The molecule has 0 spiro atoms. The summed E-state index contributed by atoms with van der Waals surface area (Å²) in [7, 11) is 0. The Morgan fingerprint density at radius 1 is 1.40 bits per heavy atom. The summed E-state index contributed by atoms with van der Waals surface area (Å²) in [6.45, 7) is 4.27. The van der Waals surface area contributed by atoms with Crippen molar-refractivity contribution in [2.45, 2.75) is 32.7 Å². The highest BCUT2D eigenvalue weighted by Gasteiger charge is 2.28. The molecule has 1 aliphatic rings. The van der Waals surface area contributed by atoms with Gasteiger partial charge < -0.3 is 21.1 Å². The molecule has 20 heavy (non-hydrogen) atoms. The van der Waals surface area contributed by atoms with E-state index in [1.165, 1.54) is 4.90 Å². The van der Waals surface area contributed by atoms with Crippen LogP contribution in [0.4, 0.5) is 0 Å². The van der Waals surface area contributed by atoms with Crippen LogP contribution < -0.4 is 11.1 Å². The Hall–Kier alpha value is -1.63. The number of hydrogen-bond donors (Lipinski definition) is 3. The third kappa shape index (κ3) is 4.48. The van der Waals surface area contributed by atoms with Crippen LogP contribution in [-0.4, -0.2) is 53.5 Å². The van der Waals surface area contributed by atoms with E-state index in [-0.39, 0.29) is 30.8 Å². The lowest BCUT2D eigenvalue weighted by Gasteiger charge is -2.31. The van der Waals surface area contributed by atoms with Crippen LogP contribution >= 0.6 is 0 Å². The minimum Gasteiger partial charge on any atom is -0.481 e. The predicted molar refractivity (Wildman–Crippen MR) is 72.8 cm³/mol. The number of nitrogens with one attached hydrogen (secondary N) is 1. The molecular weight excluding hydrogens is 262 g/mol. The van der Waals surface area contributed by atoms with Crippen molar-refractivity contribution in [3.8, 4) is 0 Å². The summed E-state index contributed by atoms with van der Waals surface area (Å²) < 4.78 is 0. The molecule has 1 aliphatic heterocycles. The van der Waals surface area contributed by atoms with E-state index in [1.54, 1.807) is 0 Å².